The minimum Gasteiger partial charge on any atom is -0.328 e. The number of hydrogen-bond acceptors (Lipinski definition) is 3. The van der Waals surface area contributed by atoms with Crippen LogP contribution < -0.4 is 10.6 Å². The topological polar surface area (TPSA) is 63.5 Å². The van der Waals surface area contributed by atoms with Crippen molar-refractivity contribution < 1.29 is 10.1 Å². The molecule has 3 rings (SSSR count). The first-order valence-corrected chi connectivity index (χ1v) is 11.0. The number of anilines is 1. The van der Waals surface area contributed by atoms with E-state index in [1.807, 2.05) is 20.9 Å². The first-order chi connectivity index (χ1) is 13.9. The number of hydrogen-bond donors (Lipinski definition) is 2. The van der Waals surface area contributed by atoms with Crippen molar-refractivity contribution in [2.45, 2.75) is 46.1 Å². The molecular formula is C23H31N4OS+. The van der Waals surface area contributed by atoms with Crippen LogP contribution in [-0.4, -0.2) is 22.2 Å². The summed E-state index contributed by atoms with van der Waals surface area (Å²) in [6.45, 7) is 8.70. The molecule has 2 aromatic heterocycles. The summed E-state index contributed by atoms with van der Waals surface area (Å²) in [5, 5.41) is 11.6. The van der Waals surface area contributed by atoms with Gasteiger partial charge in [0.25, 0.3) is 5.91 Å². The van der Waals surface area contributed by atoms with Gasteiger partial charge in [0, 0.05) is 12.6 Å². The molecule has 29 heavy (non-hydrogen) atoms. The number of nitrogens with one attached hydrogen (secondary N) is 1. The van der Waals surface area contributed by atoms with Gasteiger partial charge in [-0.15, -0.1) is 11.3 Å². The second-order valence-electron chi connectivity index (χ2n) is 7.63. The van der Waals surface area contributed by atoms with Gasteiger partial charge in [-0.3, -0.25) is 9.48 Å². The summed E-state index contributed by atoms with van der Waals surface area (Å²) in [7, 11) is 1.89. The number of aromatic nitrogens is 2. The molecule has 0 saturated heterocycles. The fourth-order valence-corrected chi connectivity index (χ4v) is 4.37. The first-order valence-electron chi connectivity index (χ1n) is 10.2. The molecule has 0 unspecified atom stereocenters. The van der Waals surface area contributed by atoms with Crippen LogP contribution in [0.1, 0.15) is 59.6 Å². The van der Waals surface area contributed by atoms with Crippen molar-refractivity contribution >= 4 is 22.9 Å². The van der Waals surface area contributed by atoms with Crippen LogP contribution in [0.5, 0.6) is 0 Å². The molecule has 0 fully saturated rings. The molecule has 0 radical (unpaired) electrons. The Balaban J connectivity index is 1.72. The van der Waals surface area contributed by atoms with Gasteiger partial charge in [0.2, 0.25) is 0 Å². The molecule has 2 atom stereocenters. The molecule has 0 aliphatic carbocycles. The quantitative estimate of drug-likeness (QED) is 0.590. The Morgan fingerprint density at radius 1 is 1.21 bits per heavy atom. The van der Waals surface area contributed by atoms with E-state index in [9.17, 15) is 4.79 Å². The molecule has 1 aromatic carbocycles. The van der Waals surface area contributed by atoms with Gasteiger partial charge < -0.3 is 10.6 Å². The largest absolute Gasteiger partial charge is 0.328 e. The Morgan fingerprint density at radius 2 is 1.90 bits per heavy atom. The van der Waals surface area contributed by atoms with Crippen molar-refractivity contribution in [1.82, 2.24) is 9.78 Å². The monoisotopic (exact) mass is 411 g/mol. The number of thiophene rings is 1. The fraction of sp³-hybridized carbons (Fsp3) is 0.391. The van der Waals surface area contributed by atoms with E-state index in [1.54, 1.807) is 16.0 Å². The zero-order valence-electron chi connectivity index (χ0n) is 17.9. The lowest BCUT2D eigenvalue weighted by Gasteiger charge is -2.16. The van der Waals surface area contributed by atoms with Crippen molar-refractivity contribution in [3.05, 3.63) is 69.2 Å². The number of nitrogens with zero attached hydrogens (tertiary/aromatic N) is 2. The zero-order valence-corrected chi connectivity index (χ0v) is 18.7. The summed E-state index contributed by atoms with van der Waals surface area (Å²) >= 11 is 1.73. The highest BCUT2D eigenvalue weighted by Crippen LogP contribution is 2.25. The van der Waals surface area contributed by atoms with E-state index in [0.717, 1.165) is 23.5 Å². The number of benzene rings is 1. The third kappa shape index (κ3) is 4.95. The van der Waals surface area contributed by atoms with E-state index in [2.05, 4.69) is 71.4 Å². The number of quaternary nitrogens is 1. The first kappa shape index (κ1) is 21.3. The number of carbonyl (C=O) groups is 1. The number of amides is 1. The van der Waals surface area contributed by atoms with Gasteiger partial charge in [-0.05, 0) is 43.2 Å². The second kappa shape index (κ2) is 9.37. The fourth-order valence-electron chi connectivity index (χ4n) is 3.52. The summed E-state index contributed by atoms with van der Waals surface area (Å²) in [5.41, 5.74) is 5.21. The van der Waals surface area contributed by atoms with Gasteiger partial charge >= 0.3 is 0 Å². The van der Waals surface area contributed by atoms with Crippen molar-refractivity contribution in [3.8, 4) is 0 Å². The Hall–Kier alpha value is -2.44. The predicted octanol–water partition coefficient (Wildman–Crippen LogP) is 3.90. The van der Waals surface area contributed by atoms with Gasteiger partial charge in [-0.25, -0.2) is 0 Å². The standard InChI is InChI=1S/C23H30N4OS/c1-6-15(2)18-9-11-19(12-10-18)23(20-8-7-13-29-20)24-14-21(28)25-22-16(3)26-27(5)17(22)4/h7-13,15,23-24H,6,14H2,1-5H3,(H,25,28)/p+1/t15-,23-/m1/s1. The van der Waals surface area contributed by atoms with Crippen LogP contribution >= 0.6 is 11.3 Å². The Morgan fingerprint density at radius 3 is 2.45 bits per heavy atom. The molecule has 0 aliphatic heterocycles. The molecule has 0 spiro atoms. The average Bonchev–Trinajstić information content (AvgIpc) is 3.33. The van der Waals surface area contributed by atoms with Crippen LogP contribution in [0.25, 0.3) is 0 Å². The van der Waals surface area contributed by atoms with E-state index in [-0.39, 0.29) is 11.9 Å². The zero-order chi connectivity index (χ0) is 21.0. The van der Waals surface area contributed by atoms with Crippen molar-refractivity contribution in [1.29, 1.82) is 0 Å². The maximum atomic E-state index is 12.6. The van der Waals surface area contributed by atoms with Gasteiger partial charge in [0.15, 0.2) is 6.54 Å². The van der Waals surface area contributed by atoms with Crippen LogP contribution in [0.15, 0.2) is 41.8 Å². The van der Waals surface area contributed by atoms with E-state index in [0.29, 0.717) is 12.5 Å². The highest BCUT2D eigenvalue weighted by atomic mass is 32.1. The van der Waals surface area contributed by atoms with Crippen molar-refractivity contribution in [3.63, 3.8) is 0 Å². The highest BCUT2D eigenvalue weighted by Gasteiger charge is 2.21. The van der Waals surface area contributed by atoms with Crippen LogP contribution in [0.3, 0.4) is 0 Å². The second-order valence-corrected chi connectivity index (χ2v) is 8.61. The normalized spacial score (nSPS) is 13.3. The lowest BCUT2D eigenvalue weighted by molar-refractivity contribution is -0.675. The summed E-state index contributed by atoms with van der Waals surface area (Å²) in [5.74, 6) is 0.548. The molecule has 6 heteroatoms. The number of nitrogens with two attached hydrogens (primary N) is 1. The molecule has 5 nitrogen and oxygen atoms in total. The molecule has 3 N–H and O–H groups in total. The van der Waals surface area contributed by atoms with Crippen LogP contribution in [0.2, 0.25) is 0 Å². The van der Waals surface area contributed by atoms with Crippen molar-refractivity contribution in [2.75, 3.05) is 11.9 Å². The average molecular weight is 412 g/mol. The number of carbonyl (C=O) groups excluding carboxylic acids is 1. The maximum Gasteiger partial charge on any atom is 0.279 e. The minimum absolute atomic E-state index is 0.0121. The van der Waals surface area contributed by atoms with E-state index in [4.69, 9.17) is 0 Å². The smallest absolute Gasteiger partial charge is 0.279 e. The molecule has 154 valence electrons. The summed E-state index contributed by atoms with van der Waals surface area (Å²) < 4.78 is 1.79. The summed E-state index contributed by atoms with van der Waals surface area (Å²) in [6.07, 6.45) is 1.13. The SMILES string of the molecule is CC[C@@H](C)c1ccc([C@@H]([NH2+]CC(=O)Nc2c(C)nn(C)c2C)c2cccs2)cc1. The van der Waals surface area contributed by atoms with Crippen LogP contribution in [0, 0.1) is 13.8 Å². The van der Waals surface area contributed by atoms with E-state index >= 15 is 0 Å². The maximum absolute atomic E-state index is 12.6. The lowest BCUT2D eigenvalue weighted by Crippen LogP contribution is -2.87. The molecule has 3 aromatic rings. The molecule has 0 bridgehead atoms. The summed E-state index contributed by atoms with van der Waals surface area (Å²) in [4.78, 5) is 13.9. The van der Waals surface area contributed by atoms with E-state index < -0.39 is 0 Å². The van der Waals surface area contributed by atoms with Crippen molar-refractivity contribution in [2.24, 2.45) is 7.05 Å². The molecular weight excluding hydrogens is 380 g/mol. The number of rotatable bonds is 8. The minimum atomic E-state index is -0.0121. The third-order valence-electron chi connectivity index (χ3n) is 5.64. The van der Waals surface area contributed by atoms with E-state index in [1.165, 1.54) is 16.0 Å². The van der Waals surface area contributed by atoms with Gasteiger partial charge in [0.1, 0.15) is 6.04 Å². The Kier molecular flexibility index (Phi) is 6.87. The Bertz CT molecular complexity index is 944. The highest BCUT2D eigenvalue weighted by molar-refractivity contribution is 7.10. The summed E-state index contributed by atoms with van der Waals surface area (Å²) in [6, 6.07) is 13.2. The Labute approximate surface area is 177 Å². The molecule has 0 saturated carbocycles. The van der Waals surface area contributed by atoms with Crippen LogP contribution in [-0.2, 0) is 11.8 Å². The third-order valence-corrected chi connectivity index (χ3v) is 6.59. The number of aryl methyl sites for hydroxylation is 2. The van der Waals surface area contributed by atoms with Crippen LogP contribution in [0.4, 0.5) is 5.69 Å². The molecule has 1 amide bonds. The van der Waals surface area contributed by atoms with Gasteiger partial charge in [-0.1, -0.05) is 44.2 Å². The van der Waals surface area contributed by atoms with Gasteiger partial charge in [0.05, 0.1) is 22.0 Å². The van der Waals surface area contributed by atoms with Gasteiger partial charge in [-0.2, -0.15) is 5.10 Å². The molecule has 2 heterocycles. The lowest BCUT2D eigenvalue weighted by atomic mass is 9.95. The molecule has 0 aliphatic rings. The predicted molar refractivity (Wildman–Crippen MR) is 119 cm³/mol.